The maximum absolute atomic E-state index is 12.7. The lowest BCUT2D eigenvalue weighted by atomic mass is 9.90. The summed E-state index contributed by atoms with van der Waals surface area (Å²) in [5, 5.41) is 0. The monoisotopic (exact) mass is 392 g/mol. The van der Waals surface area contributed by atoms with E-state index in [2.05, 4.69) is 45.1 Å². The number of nitrogens with zero attached hydrogens (tertiary/aromatic N) is 4. The van der Waals surface area contributed by atoms with Crippen LogP contribution in [0.15, 0.2) is 54.7 Å². The van der Waals surface area contributed by atoms with Gasteiger partial charge in [-0.25, -0.2) is 4.98 Å². The van der Waals surface area contributed by atoms with Crippen LogP contribution in [-0.4, -0.2) is 66.5 Å². The third-order valence-corrected chi connectivity index (χ3v) is 6.32. The van der Waals surface area contributed by atoms with Crippen LogP contribution < -0.4 is 4.90 Å². The number of hydrogen-bond acceptors (Lipinski definition) is 4. The fourth-order valence-electron chi connectivity index (χ4n) is 4.50. The minimum absolute atomic E-state index is 0.303. The number of carbonyl (C=O) groups excluding carboxylic acids is 1. The van der Waals surface area contributed by atoms with Gasteiger partial charge in [-0.1, -0.05) is 36.4 Å². The Morgan fingerprint density at radius 1 is 0.897 bits per heavy atom. The van der Waals surface area contributed by atoms with Gasteiger partial charge < -0.3 is 14.7 Å². The molecule has 29 heavy (non-hydrogen) atoms. The van der Waals surface area contributed by atoms with E-state index in [1.54, 1.807) is 0 Å². The fourth-order valence-corrected chi connectivity index (χ4v) is 4.50. The Morgan fingerprint density at radius 2 is 1.62 bits per heavy atom. The largest absolute Gasteiger partial charge is 0.353 e. The minimum atomic E-state index is 0.303. The van der Waals surface area contributed by atoms with E-state index in [0.717, 1.165) is 57.5 Å². The van der Waals surface area contributed by atoms with E-state index in [-0.39, 0.29) is 0 Å². The van der Waals surface area contributed by atoms with Gasteiger partial charge in [0, 0.05) is 45.3 Å². The van der Waals surface area contributed by atoms with E-state index >= 15 is 0 Å². The molecule has 3 heterocycles. The zero-order valence-corrected chi connectivity index (χ0v) is 17.2. The third kappa shape index (κ3) is 5.57. The van der Waals surface area contributed by atoms with Crippen molar-refractivity contribution >= 4 is 11.7 Å². The summed E-state index contributed by atoms with van der Waals surface area (Å²) in [5.74, 6) is 2.10. The van der Waals surface area contributed by atoms with Crippen LogP contribution in [0, 0.1) is 5.92 Å². The van der Waals surface area contributed by atoms with E-state index < -0.39 is 0 Å². The second-order valence-corrected chi connectivity index (χ2v) is 8.28. The van der Waals surface area contributed by atoms with Crippen LogP contribution >= 0.6 is 0 Å². The molecule has 0 aliphatic carbocycles. The van der Waals surface area contributed by atoms with Gasteiger partial charge in [0.25, 0.3) is 0 Å². The van der Waals surface area contributed by atoms with Crippen LogP contribution in [0.25, 0.3) is 0 Å². The lowest BCUT2D eigenvalue weighted by molar-refractivity contribution is -0.131. The number of amides is 1. The number of piperazine rings is 1. The first kappa shape index (κ1) is 19.9. The molecular formula is C24H32N4O. The highest BCUT2D eigenvalue weighted by molar-refractivity contribution is 5.76. The van der Waals surface area contributed by atoms with Crippen molar-refractivity contribution in [3.63, 3.8) is 0 Å². The van der Waals surface area contributed by atoms with Crippen molar-refractivity contribution in [2.45, 2.75) is 25.7 Å². The molecule has 2 aliphatic heterocycles. The van der Waals surface area contributed by atoms with Gasteiger partial charge in [0.1, 0.15) is 5.82 Å². The summed E-state index contributed by atoms with van der Waals surface area (Å²) in [6.07, 6.45) is 6.15. The highest BCUT2D eigenvalue weighted by atomic mass is 16.2. The zero-order valence-electron chi connectivity index (χ0n) is 17.2. The Balaban J connectivity index is 1.15. The summed E-state index contributed by atoms with van der Waals surface area (Å²) in [7, 11) is 0. The number of rotatable bonds is 6. The molecule has 1 amide bonds. The first-order chi connectivity index (χ1) is 14.3. The van der Waals surface area contributed by atoms with Crippen molar-refractivity contribution < 1.29 is 4.79 Å². The highest BCUT2D eigenvalue weighted by Gasteiger charge is 2.24. The van der Waals surface area contributed by atoms with Crippen LogP contribution in [0.5, 0.6) is 0 Å². The van der Waals surface area contributed by atoms with Crippen LogP contribution in [0.2, 0.25) is 0 Å². The second-order valence-electron chi connectivity index (χ2n) is 8.28. The molecule has 0 spiro atoms. The molecule has 2 aliphatic rings. The Kier molecular flexibility index (Phi) is 6.78. The van der Waals surface area contributed by atoms with E-state index in [1.807, 2.05) is 29.3 Å². The summed E-state index contributed by atoms with van der Waals surface area (Å²) in [4.78, 5) is 23.8. The van der Waals surface area contributed by atoms with Crippen molar-refractivity contribution in [1.82, 2.24) is 14.8 Å². The quantitative estimate of drug-likeness (QED) is 0.757. The lowest BCUT2D eigenvalue weighted by Crippen LogP contribution is -2.49. The number of hydrogen-bond donors (Lipinski definition) is 0. The molecule has 0 atom stereocenters. The van der Waals surface area contributed by atoms with Crippen LogP contribution in [-0.2, 0) is 11.2 Å². The summed E-state index contributed by atoms with van der Waals surface area (Å²) in [5.41, 5.74) is 1.45. The first-order valence-corrected chi connectivity index (χ1v) is 11.0. The summed E-state index contributed by atoms with van der Waals surface area (Å²) in [6, 6.07) is 16.8. The lowest BCUT2D eigenvalue weighted by Gasteiger charge is -2.36. The maximum atomic E-state index is 12.7. The molecular weight excluding hydrogens is 360 g/mol. The van der Waals surface area contributed by atoms with Crippen molar-refractivity contribution in [2.75, 3.05) is 50.7 Å². The average molecular weight is 393 g/mol. The van der Waals surface area contributed by atoms with Crippen LogP contribution in [0.1, 0.15) is 24.8 Å². The highest BCUT2D eigenvalue weighted by Crippen LogP contribution is 2.22. The maximum Gasteiger partial charge on any atom is 0.223 e. The molecule has 2 aromatic rings. The molecule has 0 N–H and O–H groups in total. The average Bonchev–Trinajstić information content (AvgIpc) is 2.80. The molecule has 0 radical (unpaired) electrons. The molecule has 0 unspecified atom stereocenters. The SMILES string of the molecule is O=C(CCN1CCC(Cc2ccccc2)CC1)N1CCN(c2ccccn2)CC1. The van der Waals surface area contributed by atoms with Gasteiger partial charge in [0.2, 0.25) is 5.91 Å². The summed E-state index contributed by atoms with van der Waals surface area (Å²) in [6.45, 7) is 6.48. The number of carbonyl (C=O) groups is 1. The van der Waals surface area contributed by atoms with Gasteiger partial charge >= 0.3 is 0 Å². The van der Waals surface area contributed by atoms with E-state index in [4.69, 9.17) is 0 Å². The van der Waals surface area contributed by atoms with E-state index in [9.17, 15) is 4.79 Å². The van der Waals surface area contributed by atoms with Gasteiger partial charge in [-0.15, -0.1) is 0 Å². The van der Waals surface area contributed by atoms with Crippen LogP contribution in [0.4, 0.5) is 5.82 Å². The molecule has 2 saturated heterocycles. The molecule has 1 aromatic heterocycles. The number of likely N-dealkylation sites (tertiary alicyclic amines) is 1. The molecule has 4 rings (SSSR count). The first-order valence-electron chi connectivity index (χ1n) is 11.0. The van der Waals surface area contributed by atoms with Gasteiger partial charge in [0.15, 0.2) is 0 Å². The third-order valence-electron chi connectivity index (χ3n) is 6.32. The van der Waals surface area contributed by atoms with E-state index in [0.29, 0.717) is 12.3 Å². The van der Waals surface area contributed by atoms with Gasteiger partial charge in [-0.2, -0.15) is 0 Å². The standard InChI is InChI=1S/C24H32N4O/c29-24(28-18-16-27(17-19-28)23-8-4-5-12-25-23)11-15-26-13-9-22(10-14-26)20-21-6-2-1-3-7-21/h1-8,12,22H,9-11,13-20H2. The Bertz CT molecular complexity index is 751. The Labute approximate surface area is 174 Å². The van der Waals surface area contributed by atoms with Gasteiger partial charge in [-0.05, 0) is 56.0 Å². The van der Waals surface area contributed by atoms with E-state index in [1.165, 1.54) is 24.8 Å². The fraction of sp³-hybridized carbons (Fsp3) is 0.500. The molecule has 5 nitrogen and oxygen atoms in total. The van der Waals surface area contributed by atoms with Crippen molar-refractivity contribution in [3.8, 4) is 0 Å². The number of piperidine rings is 1. The topological polar surface area (TPSA) is 39.7 Å². The van der Waals surface area contributed by atoms with Crippen molar-refractivity contribution in [2.24, 2.45) is 5.92 Å². The number of benzene rings is 1. The Hall–Kier alpha value is -2.40. The van der Waals surface area contributed by atoms with Crippen LogP contribution in [0.3, 0.4) is 0 Å². The Morgan fingerprint density at radius 3 is 2.31 bits per heavy atom. The molecule has 0 bridgehead atoms. The molecule has 1 aromatic carbocycles. The molecule has 2 fully saturated rings. The van der Waals surface area contributed by atoms with Crippen molar-refractivity contribution in [3.05, 3.63) is 60.3 Å². The molecule has 5 heteroatoms. The molecule has 0 saturated carbocycles. The number of aromatic nitrogens is 1. The number of pyridine rings is 1. The zero-order chi connectivity index (χ0) is 19.9. The minimum Gasteiger partial charge on any atom is -0.353 e. The smallest absolute Gasteiger partial charge is 0.223 e. The predicted molar refractivity (Wildman–Crippen MR) is 117 cm³/mol. The normalized spacial score (nSPS) is 18.8. The predicted octanol–water partition coefficient (Wildman–Crippen LogP) is 3.08. The summed E-state index contributed by atoms with van der Waals surface area (Å²) >= 11 is 0. The van der Waals surface area contributed by atoms with Gasteiger partial charge in [0.05, 0.1) is 0 Å². The second kappa shape index (κ2) is 9.88. The van der Waals surface area contributed by atoms with Gasteiger partial charge in [-0.3, -0.25) is 4.79 Å². The number of anilines is 1. The summed E-state index contributed by atoms with van der Waals surface area (Å²) < 4.78 is 0. The molecule has 154 valence electrons. The van der Waals surface area contributed by atoms with Crippen molar-refractivity contribution in [1.29, 1.82) is 0 Å².